The first-order chi connectivity index (χ1) is 12.0. The molecule has 25 heavy (non-hydrogen) atoms. The molecule has 0 saturated carbocycles. The van der Waals surface area contributed by atoms with Crippen LogP contribution in [0.5, 0.6) is 0 Å². The zero-order valence-electron chi connectivity index (χ0n) is 15.9. The van der Waals surface area contributed by atoms with Crippen molar-refractivity contribution in [1.29, 1.82) is 0 Å². The third kappa shape index (κ3) is 4.45. The van der Waals surface area contributed by atoms with Gasteiger partial charge < -0.3 is 10.2 Å². The Hall–Kier alpha value is -1.76. The van der Waals surface area contributed by atoms with E-state index in [1.165, 1.54) is 5.56 Å². The number of piperazine rings is 1. The van der Waals surface area contributed by atoms with Crippen LogP contribution in [0, 0.1) is 0 Å². The highest BCUT2D eigenvalue weighted by atomic mass is 15.3. The third-order valence-corrected chi connectivity index (χ3v) is 5.09. The Kier molecular flexibility index (Phi) is 5.51. The van der Waals surface area contributed by atoms with Gasteiger partial charge in [-0.1, -0.05) is 0 Å². The largest absolute Gasteiger partial charge is 0.311 e. The minimum Gasteiger partial charge on any atom is -0.311 e. The van der Waals surface area contributed by atoms with E-state index in [4.69, 9.17) is 0 Å². The number of hydrogen-bond donors (Lipinski definition) is 1. The molecule has 0 unspecified atom stereocenters. The zero-order valence-corrected chi connectivity index (χ0v) is 15.9. The van der Waals surface area contributed by atoms with Crippen LogP contribution in [0.2, 0.25) is 0 Å². The van der Waals surface area contributed by atoms with Crippen LogP contribution in [-0.4, -0.2) is 69.9 Å². The number of aryl methyl sites for hydroxylation is 1. The summed E-state index contributed by atoms with van der Waals surface area (Å²) in [6, 6.07) is 4.03. The highest BCUT2D eigenvalue weighted by molar-refractivity contribution is 5.61. The van der Waals surface area contributed by atoms with E-state index in [0.717, 1.165) is 50.5 Å². The van der Waals surface area contributed by atoms with Gasteiger partial charge in [0.05, 0.1) is 5.69 Å². The fraction of sp³-hybridized carbons (Fsp3) is 0.579. The maximum absolute atomic E-state index is 4.63. The lowest BCUT2D eigenvalue weighted by Crippen LogP contribution is -2.57. The monoisotopic (exact) mass is 342 g/mol. The summed E-state index contributed by atoms with van der Waals surface area (Å²) in [5, 5.41) is 8.28. The Bertz CT molecular complexity index is 670. The molecule has 0 aliphatic carbocycles. The van der Waals surface area contributed by atoms with Crippen molar-refractivity contribution in [3.63, 3.8) is 0 Å². The van der Waals surface area contributed by atoms with E-state index >= 15 is 0 Å². The topological polar surface area (TPSA) is 49.2 Å². The first-order valence-electron chi connectivity index (χ1n) is 9.03. The number of aromatic nitrogens is 3. The number of nitrogens with one attached hydrogen (secondary N) is 1. The molecule has 3 heterocycles. The molecule has 2 aromatic rings. The van der Waals surface area contributed by atoms with Crippen molar-refractivity contribution >= 4 is 0 Å². The summed E-state index contributed by atoms with van der Waals surface area (Å²) in [7, 11) is 4.17. The van der Waals surface area contributed by atoms with Gasteiger partial charge in [0.2, 0.25) is 0 Å². The van der Waals surface area contributed by atoms with Crippen LogP contribution < -0.4 is 5.32 Å². The lowest BCUT2D eigenvalue weighted by atomic mass is 10.0. The minimum absolute atomic E-state index is 0.153. The SMILES string of the molecule is CN1CCN(C(C)(C)CNCc2cn(C)nc2-c2ccncc2)CC1. The van der Waals surface area contributed by atoms with E-state index in [1.54, 1.807) is 0 Å². The molecule has 0 spiro atoms. The van der Waals surface area contributed by atoms with Crippen molar-refractivity contribution in [2.75, 3.05) is 39.8 Å². The van der Waals surface area contributed by atoms with Crippen molar-refractivity contribution in [3.05, 3.63) is 36.3 Å². The average molecular weight is 342 g/mol. The number of hydrogen-bond acceptors (Lipinski definition) is 5. The van der Waals surface area contributed by atoms with Crippen LogP contribution in [0.15, 0.2) is 30.7 Å². The standard InChI is InChI=1S/C19H30N6/c1-19(2,25-11-9-23(3)10-12-25)15-21-13-17-14-24(4)22-18(17)16-5-7-20-8-6-16/h5-8,14,21H,9-13,15H2,1-4H3. The fourth-order valence-corrected chi connectivity index (χ4v) is 3.45. The summed E-state index contributed by atoms with van der Waals surface area (Å²) in [5.74, 6) is 0. The molecular formula is C19H30N6. The molecule has 0 atom stereocenters. The van der Waals surface area contributed by atoms with Crippen molar-refractivity contribution in [2.24, 2.45) is 7.05 Å². The van der Waals surface area contributed by atoms with Gasteiger partial charge in [0.15, 0.2) is 0 Å². The molecule has 0 radical (unpaired) electrons. The number of nitrogens with zero attached hydrogens (tertiary/aromatic N) is 5. The smallest absolute Gasteiger partial charge is 0.0969 e. The second-order valence-corrected chi connectivity index (χ2v) is 7.62. The molecule has 3 rings (SSSR count). The molecule has 6 heteroatoms. The van der Waals surface area contributed by atoms with E-state index < -0.39 is 0 Å². The Morgan fingerprint density at radius 2 is 1.76 bits per heavy atom. The maximum atomic E-state index is 4.63. The third-order valence-electron chi connectivity index (χ3n) is 5.09. The number of rotatable bonds is 6. The summed E-state index contributed by atoms with van der Waals surface area (Å²) >= 11 is 0. The van der Waals surface area contributed by atoms with Crippen molar-refractivity contribution < 1.29 is 0 Å². The highest BCUT2D eigenvalue weighted by Crippen LogP contribution is 2.21. The van der Waals surface area contributed by atoms with E-state index in [0.29, 0.717) is 0 Å². The molecule has 2 aromatic heterocycles. The highest BCUT2D eigenvalue weighted by Gasteiger charge is 2.28. The first-order valence-corrected chi connectivity index (χ1v) is 9.03. The summed E-state index contributed by atoms with van der Waals surface area (Å²) in [5.41, 5.74) is 3.53. The lowest BCUT2D eigenvalue weighted by molar-refractivity contribution is 0.0618. The number of likely N-dealkylation sites (N-methyl/N-ethyl adjacent to an activating group) is 1. The summed E-state index contributed by atoms with van der Waals surface area (Å²) in [4.78, 5) is 9.09. The van der Waals surface area contributed by atoms with Gasteiger partial charge in [-0.2, -0.15) is 5.10 Å². The maximum Gasteiger partial charge on any atom is 0.0969 e. The van der Waals surface area contributed by atoms with Gasteiger partial charge in [0, 0.05) is 81.6 Å². The Labute approximate surface area is 150 Å². The predicted molar refractivity (Wildman–Crippen MR) is 101 cm³/mol. The summed E-state index contributed by atoms with van der Waals surface area (Å²) < 4.78 is 1.89. The van der Waals surface area contributed by atoms with Gasteiger partial charge >= 0.3 is 0 Å². The van der Waals surface area contributed by atoms with Gasteiger partial charge in [-0.05, 0) is 33.0 Å². The lowest BCUT2D eigenvalue weighted by Gasteiger charge is -2.43. The molecule has 0 bridgehead atoms. The fourth-order valence-electron chi connectivity index (χ4n) is 3.45. The van der Waals surface area contributed by atoms with Gasteiger partial charge in [-0.15, -0.1) is 0 Å². The summed E-state index contributed by atoms with van der Waals surface area (Å²) in [6.45, 7) is 11.0. The van der Waals surface area contributed by atoms with Crippen molar-refractivity contribution in [1.82, 2.24) is 29.9 Å². The molecule has 136 valence electrons. The van der Waals surface area contributed by atoms with Crippen molar-refractivity contribution in [3.8, 4) is 11.3 Å². The van der Waals surface area contributed by atoms with Crippen LogP contribution in [0.1, 0.15) is 19.4 Å². The quantitative estimate of drug-likeness (QED) is 0.864. The summed E-state index contributed by atoms with van der Waals surface area (Å²) in [6.07, 6.45) is 5.74. The van der Waals surface area contributed by atoms with Gasteiger partial charge in [0.1, 0.15) is 0 Å². The van der Waals surface area contributed by atoms with E-state index in [2.05, 4.69) is 52.3 Å². The second-order valence-electron chi connectivity index (χ2n) is 7.62. The molecule has 1 aliphatic heterocycles. The van der Waals surface area contributed by atoms with Gasteiger partial charge in [-0.3, -0.25) is 14.6 Å². The normalized spacial score (nSPS) is 17.1. The van der Waals surface area contributed by atoms with Crippen LogP contribution in [0.3, 0.4) is 0 Å². The minimum atomic E-state index is 0.153. The molecule has 1 fully saturated rings. The van der Waals surface area contributed by atoms with E-state index in [1.807, 2.05) is 36.3 Å². The van der Waals surface area contributed by atoms with Crippen LogP contribution in [0.4, 0.5) is 0 Å². The van der Waals surface area contributed by atoms with Gasteiger partial charge in [0.25, 0.3) is 0 Å². The average Bonchev–Trinajstić information content (AvgIpc) is 2.96. The first kappa shape index (κ1) is 18.0. The molecule has 0 amide bonds. The Balaban J connectivity index is 1.61. The molecular weight excluding hydrogens is 312 g/mol. The van der Waals surface area contributed by atoms with E-state index in [9.17, 15) is 0 Å². The number of pyridine rings is 1. The zero-order chi connectivity index (χ0) is 17.9. The molecule has 6 nitrogen and oxygen atoms in total. The van der Waals surface area contributed by atoms with Crippen LogP contribution in [-0.2, 0) is 13.6 Å². The van der Waals surface area contributed by atoms with Crippen molar-refractivity contribution in [2.45, 2.75) is 25.9 Å². The van der Waals surface area contributed by atoms with Crippen LogP contribution in [0.25, 0.3) is 11.3 Å². The second kappa shape index (κ2) is 7.64. The molecule has 1 N–H and O–H groups in total. The molecule has 1 aliphatic rings. The predicted octanol–water partition coefficient (Wildman–Crippen LogP) is 1.60. The van der Waals surface area contributed by atoms with Crippen LogP contribution >= 0.6 is 0 Å². The molecule has 0 aromatic carbocycles. The Morgan fingerprint density at radius 1 is 1.08 bits per heavy atom. The Morgan fingerprint density at radius 3 is 2.44 bits per heavy atom. The van der Waals surface area contributed by atoms with Gasteiger partial charge in [-0.25, -0.2) is 0 Å². The molecule has 1 saturated heterocycles. The van der Waals surface area contributed by atoms with E-state index in [-0.39, 0.29) is 5.54 Å².